The third-order valence-corrected chi connectivity index (χ3v) is 4.60. The molecule has 0 saturated carbocycles. The molecule has 1 aromatic carbocycles. The van der Waals surface area contributed by atoms with Crippen LogP contribution in [0, 0.1) is 5.82 Å². The van der Waals surface area contributed by atoms with E-state index < -0.39 is 7.05 Å². The molecule has 0 spiro atoms. The minimum Gasteiger partial charge on any atom is -0.437 e. The molecule has 1 amide bonds. The molecular weight excluding hydrogens is 388 g/mol. The molecule has 7 nitrogen and oxygen atoms in total. The van der Waals surface area contributed by atoms with Crippen molar-refractivity contribution in [3.05, 3.63) is 35.8 Å². The van der Waals surface area contributed by atoms with Crippen molar-refractivity contribution in [3.63, 3.8) is 0 Å². The number of halogens is 1. The molecule has 0 unspecified atom stereocenters. The van der Waals surface area contributed by atoms with Gasteiger partial charge in [0.25, 0.3) is 0 Å². The quantitative estimate of drug-likeness (QED) is 0.246. The highest BCUT2D eigenvalue weighted by molar-refractivity contribution is 6.45. The van der Waals surface area contributed by atoms with Crippen LogP contribution in [-0.2, 0) is 20.7 Å². The van der Waals surface area contributed by atoms with E-state index in [0.29, 0.717) is 33.0 Å². The van der Waals surface area contributed by atoms with Crippen LogP contribution in [-0.4, -0.2) is 62.5 Å². The number of hydrogen-bond acceptors (Lipinski definition) is 5. The Labute approximate surface area is 177 Å². The summed E-state index contributed by atoms with van der Waals surface area (Å²) in [7, 11) is -0.471. The zero-order chi connectivity index (χ0) is 21.6. The summed E-state index contributed by atoms with van der Waals surface area (Å²) in [5.41, 5.74) is 1.62. The Morgan fingerprint density at radius 3 is 2.47 bits per heavy atom. The molecule has 0 radical (unpaired) electrons. The summed E-state index contributed by atoms with van der Waals surface area (Å²) < 4.78 is 24.5. The standard InChI is InChI=1S/C21H33BFN3O4/c1-22(28)26-9-5-13-30-11-3-2-10-29-12-4-8-24-21(27)14-17-16-25-20-7-6-18(23)15-19(17)20/h6-7,15-16,25-26,28H,2-5,8-14H2,1H3,(H,24,27). The highest BCUT2D eigenvalue weighted by Gasteiger charge is 2.09. The van der Waals surface area contributed by atoms with E-state index >= 15 is 0 Å². The van der Waals surface area contributed by atoms with Crippen molar-refractivity contribution >= 4 is 23.9 Å². The first-order chi connectivity index (χ1) is 14.6. The Morgan fingerprint density at radius 1 is 1.10 bits per heavy atom. The van der Waals surface area contributed by atoms with Crippen LogP contribution < -0.4 is 10.5 Å². The molecule has 1 aromatic heterocycles. The number of nitrogens with one attached hydrogen (secondary N) is 3. The van der Waals surface area contributed by atoms with Gasteiger partial charge in [-0.25, -0.2) is 4.39 Å². The molecule has 166 valence electrons. The molecule has 0 aliphatic heterocycles. The fraction of sp³-hybridized carbons (Fsp3) is 0.571. The molecule has 0 atom stereocenters. The predicted molar refractivity (Wildman–Crippen MR) is 117 cm³/mol. The number of carbonyl (C=O) groups is 1. The smallest absolute Gasteiger partial charge is 0.373 e. The number of fused-ring (bicyclic) bond motifs is 1. The van der Waals surface area contributed by atoms with Crippen molar-refractivity contribution < 1.29 is 23.7 Å². The van der Waals surface area contributed by atoms with Crippen LogP contribution in [0.1, 0.15) is 31.2 Å². The Kier molecular flexibility index (Phi) is 11.5. The van der Waals surface area contributed by atoms with E-state index in [9.17, 15) is 9.18 Å². The molecule has 2 rings (SSSR count). The predicted octanol–water partition coefficient (Wildman–Crippen LogP) is 2.26. The number of carbonyl (C=O) groups excluding carboxylic acids is 1. The lowest BCUT2D eigenvalue weighted by Gasteiger charge is -2.07. The number of amides is 1. The second kappa shape index (κ2) is 14.1. The molecule has 4 N–H and O–H groups in total. The Hall–Kier alpha value is -1.94. The number of aromatic amines is 1. The van der Waals surface area contributed by atoms with Crippen LogP contribution in [0.5, 0.6) is 0 Å². The van der Waals surface area contributed by atoms with Gasteiger partial charge in [-0.3, -0.25) is 4.79 Å². The van der Waals surface area contributed by atoms with Crippen molar-refractivity contribution in [2.45, 2.75) is 38.9 Å². The van der Waals surface area contributed by atoms with Crippen LogP contribution in [0.25, 0.3) is 10.9 Å². The van der Waals surface area contributed by atoms with Crippen LogP contribution in [0.2, 0.25) is 6.82 Å². The normalized spacial score (nSPS) is 11.2. The summed E-state index contributed by atoms with van der Waals surface area (Å²) in [5, 5.41) is 15.6. The van der Waals surface area contributed by atoms with Crippen molar-refractivity contribution in [2.75, 3.05) is 39.5 Å². The van der Waals surface area contributed by atoms with E-state index in [2.05, 4.69) is 15.5 Å². The largest absolute Gasteiger partial charge is 0.437 e. The number of ether oxygens (including phenoxy) is 2. The zero-order valence-electron chi connectivity index (χ0n) is 17.7. The van der Waals surface area contributed by atoms with E-state index in [1.165, 1.54) is 12.1 Å². The fourth-order valence-electron chi connectivity index (χ4n) is 3.03. The Morgan fingerprint density at radius 2 is 1.77 bits per heavy atom. The number of unbranched alkanes of at least 4 members (excludes halogenated alkanes) is 1. The average molecular weight is 421 g/mol. The van der Waals surface area contributed by atoms with Gasteiger partial charge in [-0.05, 0) is 62.8 Å². The number of rotatable bonds is 16. The van der Waals surface area contributed by atoms with E-state index in [-0.39, 0.29) is 18.1 Å². The summed E-state index contributed by atoms with van der Waals surface area (Å²) >= 11 is 0. The zero-order valence-corrected chi connectivity index (χ0v) is 17.7. The lowest BCUT2D eigenvalue weighted by atomic mass is 9.89. The molecule has 9 heteroatoms. The first-order valence-electron chi connectivity index (χ1n) is 10.7. The van der Waals surface area contributed by atoms with Gasteiger partial charge in [0.05, 0.1) is 6.42 Å². The summed E-state index contributed by atoms with van der Waals surface area (Å²) in [6.07, 6.45) is 5.49. The van der Waals surface area contributed by atoms with E-state index in [1.54, 1.807) is 19.1 Å². The molecule has 0 saturated heterocycles. The van der Waals surface area contributed by atoms with Crippen LogP contribution in [0.3, 0.4) is 0 Å². The minimum absolute atomic E-state index is 0.0824. The van der Waals surface area contributed by atoms with Gasteiger partial charge in [0.1, 0.15) is 5.82 Å². The number of H-pyrrole nitrogens is 1. The van der Waals surface area contributed by atoms with Crippen LogP contribution >= 0.6 is 0 Å². The first kappa shape index (κ1) is 24.3. The van der Waals surface area contributed by atoms with Gasteiger partial charge in [0.2, 0.25) is 5.91 Å². The molecule has 0 aliphatic rings. The summed E-state index contributed by atoms with van der Waals surface area (Å²) in [6, 6.07) is 4.52. The fourth-order valence-corrected chi connectivity index (χ4v) is 3.03. The molecule has 1 heterocycles. The van der Waals surface area contributed by atoms with E-state index in [0.717, 1.165) is 48.7 Å². The number of benzene rings is 1. The van der Waals surface area contributed by atoms with Crippen molar-refractivity contribution in [2.24, 2.45) is 0 Å². The highest BCUT2D eigenvalue weighted by atomic mass is 19.1. The van der Waals surface area contributed by atoms with Gasteiger partial charge in [-0.15, -0.1) is 0 Å². The highest BCUT2D eigenvalue weighted by Crippen LogP contribution is 2.19. The molecule has 30 heavy (non-hydrogen) atoms. The molecule has 0 fully saturated rings. The first-order valence-corrected chi connectivity index (χ1v) is 10.7. The molecule has 0 aliphatic carbocycles. The third-order valence-electron chi connectivity index (χ3n) is 4.60. The topological polar surface area (TPSA) is 95.6 Å². The van der Waals surface area contributed by atoms with Gasteiger partial charge in [0.15, 0.2) is 0 Å². The summed E-state index contributed by atoms with van der Waals surface area (Å²) in [4.78, 5) is 15.1. The number of hydrogen-bond donors (Lipinski definition) is 4. The average Bonchev–Trinajstić information content (AvgIpc) is 3.09. The van der Waals surface area contributed by atoms with E-state index in [1.807, 2.05) is 0 Å². The lowest BCUT2D eigenvalue weighted by Crippen LogP contribution is -2.31. The maximum Gasteiger partial charge on any atom is 0.373 e. The Balaban J connectivity index is 1.42. The van der Waals surface area contributed by atoms with E-state index in [4.69, 9.17) is 14.5 Å². The van der Waals surface area contributed by atoms with Gasteiger partial charge in [-0.1, -0.05) is 0 Å². The molecule has 0 bridgehead atoms. The second-order valence-corrected chi connectivity index (χ2v) is 7.30. The maximum absolute atomic E-state index is 13.4. The maximum atomic E-state index is 13.4. The van der Waals surface area contributed by atoms with Crippen LogP contribution in [0.15, 0.2) is 24.4 Å². The number of aromatic nitrogens is 1. The van der Waals surface area contributed by atoms with Crippen LogP contribution in [0.4, 0.5) is 4.39 Å². The van der Waals surface area contributed by atoms with Crippen molar-refractivity contribution in [1.82, 2.24) is 15.5 Å². The van der Waals surface area contributed by atoms with Gasteiger partial charge in [-0.2, -0.15) is 0 Å². The monoisotopic (exact) mass is 421 g/mol. The Bertz CT molecular complexity index is 757. The SMILES string of the molecule is CB(O)NCCCOCCCCOCCCNC(=O)Cc1c[nH]c2ccc(F)cc12. The minimum atomic E-state index is -0.471. The summed E-state index contributed by atoms with van der Waals surface area (Å²) in [6.45, 7) is 5.69. The molecular formula is C21H33BFN3O4. The summed E-state index contributed by atoms with van der Waals surface area (Å²) in [5.74, 6) is -0.390. The lowest BCUT2D eigenvalue weighted by molar-refractivity contribution is -0.120. The second-order valence-electron chi connectivity index (χ2n) is 7.30. The van der Waals surface area contributed by atoms with Gasteiger partial charge < -0.3 is 30.0 Å². The third kappa shape index (κ3) is 9.71. The van der Waals surface area contributed by atoms with Crippen molar-refractivity contribution in [1.29, 1.82) is 0 Å². The molecule has 2 aromatic rings. The van der Waals surface area contributed by atoms with Gasteiger partial charge in [0, 0.05) is 50.1 Å². The van der Waals surface area contributed by atoms with Crippen molar-refractivity contribution in [3.8, 4) is 0 Å². The van der Waals surface area contributed by atoms with Gasteiger partial charge >= 0.3 is 7.05 Å².